The number of anilines is 1. The molecule has 0 saturated heterocycles. The molecule has 0 bridgehead atoms. The normalized spacial score (nSPS) is 14.8. The Labute approximate surface area is 220 Å². The molecule has 0 saturated carbocycles. The number of aryl methyl sites for hydroxylation is 1. The molecule has 1 N–H and O–H groups in total. The van der Waals surface area contributed by atoms with Gasteiger partial charge < -0.3 is 24.4 Å². The third-order valence-corrected chi connectivity index (χ3v) is 7.15. The number of nitrogens with one attached hydrogen (secondary N) is 1. The topological polar surface area (TPSA) is 43.0 Å². The number of hydrogen-bond donors (Lipinski definition) is 1. The fourth-order valence-electron chi connectivity index (χ4n) is 4.18. The molecule has 1 unspecified atom stereocenters. The molecule has 1 aliphatic heterocycles. The highest BCUT2D eigenvalue weighted by molar-refractivity contribution is 14.1. The molecule has 1 atom stereocenters. The van der Waals surface area contributed by atoms with Crippen molar-refractivity contribution in [3.8, 4) is 17.2 Å². The first kappa shape index (κ1) is 24.6. The highest BCUT2D eigenvalue weighted by atomic mass is 127. The fourth-order valence-corrected chi connectivity index (χ4v) is 4.87. The van der Waals surface area contributed by atoms with Crippen LogP contribution in [0, 0.1) is 3.57 Å². The minimum Gasteiger partial charge on any atom is -0.493 e. The highest BCUT2D eigenvalue weighted by Crippen LogP contribution is 2.38. The average Bonchev–Trinajstić information content (AvgIpc) is 2.87. The summed E-state index contributed by atoms with van der Waals surface area (Å²) >= 11 is 8.17. The smallest absolute Gasteiger partial charge is 0.174 e. The molecular formula is C27H29IN2O3S. The van der Waals surface area contributed by atoms with E-state index in [2.05, 4.69) is 76.1 Å². The standard InChI is InChI=1S/C27H29IN2O3S/c1-4-18-5-11-22(12-6-18)33-17-24-23-16-26(32-3)25(31-2)15-19(23)13-14-30(24)27(34)29-21-9-7-20(28)8-10-21/h5-12,15-16,24H,4,13-14,17H2,1-3H3,(H,29,34). The van der Waals surface area contributed by atoms with Gasteiger partial charge in [-0.25, -0.2) is 0 Å². The highest BCUT2D eigenvalue weighted by Gasteiger charge is 2.31. The molecule has 0 aromatic heterocycles. The molecule has 1 heterocycles. The molecule has 0 aliphatic carbocycles. The maximum Gasteiger partial charge on any atom is 0.174 e. The molecule has 3 aromatic rings. The molecule has 0 radical (unpaired) electrons. The summed E-state index contributed by atoms with van der Waals surface area (Å²) in [7, 11) is 3.33. The third kappa shape index (κ3) is 5.58. The van der Waals surface area contributed by atoms with Crippen LogP contribution < -0.4 is 19.5 Å². The Balaban J connectivity index is 1.62. The van der Waals surface area contributed by atoms with Crippen molar-refractivity contribution < 1.29 is 14.2 Å². The number of ether oxygens (including phenoxy) is 3. The fraction of sp³-hybridized carbons (Fsp3) is 0.296. The van der Waals surface area contributed by atoms with Gasteiger partial charge in [-0.15, -0.1) is 0 Å². The van der Waals surface area contributed by atoms with Crippen LogP contribution >= 0.6 is 34.8 Å². The number of thiocarbonyl (C=S) groups is 1. The van der Waals surface area contributed by atoms with Crippen LogP contribution in [0.15, 0.2) is 60.7 Å². The van der Waals surface area contributed by atoms with Gasteiger partial charge in [0.2, 0.25) is 0 Å². The van der Waals surface area contributed by atoms with Crippen LogP contribution in [0.25, 0.3) is 0 Å². The van der Waals surface area contributed by atoms with Crippen LogP contribution in [0.2, 0.25) is 0 Å². The van der Waals surface area contributed by atoms with Gasteiger partial charge in [-0.2, -0.15) is 0 Å². The Morgan fingerprint density at radius 1 is 1.03 bits per heavy atom. The number of fused-ring (bicyclic) bond motifs is 1. The van der Waals surface area contributed by atoms with Gasteiger partial charge in [0.05, 0.1) is 20.3 Å². The Hall–Kier alpha value is -2.52. The lowest BCUT2D eigenvalue weighted by molar-refractivity contribution is 0.190. The van der Waals surface area contributed by atoms with E-state index in [1.807, 2.05) is 24.3 Å². The van der Waals surface area contributed by atoms with E-state index in [1.54, 1.807) is 14.2 Å². The second kappa shape index (κ2) is 11.3. The van der Waals surface area contributed by atoms with Crippen molar-refractivity contribution in [2.45, 2.75) is 25.8 Å². The summed E-state index contributed by atoms with van der Waals surface area (Å²) in [5.41, 5.74) is 4.62. The van der Waals surface area contributed by atoms with E-state index in [9.17, 15) is 0 Å². The van der Waals surface area contributed by atoms with E-state index in [0.717, 1.165) is 42.1 Å². The Kier molecular flexibility index (Phi) is 8.15. The van der Waals surface area contributed by atoms with Crippen LogP contribution in [0.4, 0.5) is 5.69 Å². The zero-order valence-corrected chi connectivity index (χ0v) is 22.6. The zero-order valence-electron chi connectivity index (χ0n) is 19.6. The summed E-state index contributed by atoms with van der Waals surface area (Å²) in [5, 5.41) is 4.08. The number of halogens is 1. The average molecular weight is 589 g/mol. The minimum atomic E-state index is -0.0711. The number of benzene rings is 3. The van der Waals surface area contributed by atoms with E-state index in [4.69, 9.17) is 26.4 Å². The number of rotatable bonds is 7. The Morgan fingerprint density at radius 2 is 1.71 bits per heavy atom. The van der Waals surface area contributed by atoms with Crippen molar-refractivity contribution in [1.29, 1.82) is 0 Å². The van der Waals surface area contributed by atoms with Gasteiger partial charge in [-0.3, -0.25) is 0 Å². The molecule has 0 fully saturated rings. The maximum atomic E-state index is 6.28. The lowest BCUT2D eigenvalue weighted by atomic mass is 9.92. The Bertz CT molecular complexity index is 1140. The molecule has 4 rings (SSSR count). The van der Waals surface area contributed by atoms with E-state index >= 15 is 0 Å². The third-order valence-electron chi connectivity index (χ3n) is 6.10. The number of nitrogens with zero attached hydrogens (tertiary/aromatic N) is 1. The molecule has 0 spiro atoms. The van der Waals surface area contributed by atoms with Crippen LogP contribution in [0.1, 0.15) is 29.7 Å². The first-order valence-corrected chi connectivity index (χ1v) is 12.8. The molecule has 178 valence electrons. The SMILES string of the molecule is CCc1ccc(OCC2c3cc(OC)c(OC)cc3CCN2C(=S)Nc2ccc(I)cc2)cc1. The van der Waals surface area contributed by atoms with Crippen LogP contribution in [-0.4, -0.2) is 37.4 Å². The van der Waals surface area contributed by atoms with Crippen LogP contribution in [0.3, 0.4) is 0 Å². The molecule has 5 nitrogen and oxygen atoms in total. The first-order chi connectivity index (χ1) is 16.5. The van der Waals surface area contributed by atoms with Gasteiger partial charge in [0.1, 0.15) is 12.4 Å². The predicted octanol–water partition coefficient (Wildman–Crippen LogP) is 6.25. The van der Waals surface area contributed by atoms with Crippen molar-refractivity contribution in [3.05, 3.63) is 80.9 Å². The summed E-state index contributed by atoms with van der Waals surface area (Å²) in [6, 6.07) is 20.6. The summed E-state index contributed by atoms with van der Waals surface area (Å²) < 4.78 is 18.6. The van der Waals surface area contributed by atoms with Crippen molar-refractivity contribution in [2.75, 3.05) is 32.7 Å². The first-order valence-electron chi connectivity index (χ1n) is 11.3. The summed E-state index contributed by atoms with van der Waals surface area (Å²) in [5.74, 6) is 2.29. The molecule has 0 amide bonds. The van der Waals surface area contributed by atoms with Gasteiger partial charge in [-0.1, -0.05) is 19.1 Å². The van der Waals surface area contributed by atoms with Gasteiger partial charge in [0, 0.05) is 15.8 Å². The lowest BCUT2D eigenvalue weighted by Crippen LogP contribution is -2.44. The summed E-state index contributed by atoms with van der Waals surface area (Å²) in [6.45, 7) is 3.39. The van der Waals surface area contributed by atoms with Crippen molar-refractivity contribution in [3.63, 3.8) is 0 Å². The van der Waals surface area contributed by atoms with Crippen LogP contribution in [0.5, 0.6) is 17.2 Å². The zero-order chi connectivity index (χ0) is 24.1. The largest absolute Gasteiger partial charge is 0.493 e. The van der Waals surface area contributed by atoms with Gasteiger partial charge in [0.25, 0.3) is 0 Å². The van der Waals surface area contributed by atoms with Gasteiger partial charge in [0.15, 0.2) is 16.6 Å². The van der Waals surface area contributed by atoms with E-state index in [1.165, 1.54) is 14.7 Å². The molecule has 34 heavy (non-hydrogen) atoms. The van der Waals surface area contributed by atoms with E-state index in [0.29, 0.717) is 17.5 Å². The lowest BCUT2D eigenvalue weighted by Gasteiger charge is -2.39. The van der Waals surface area contributed by atoms with E-state index in [-0.39, 0.29) is 6.04 Å². The summed E-state index contributed by atoms with van der Waals surface area (Å²) in [6.07, 6.45) is 1.86. The maximum absolute atomic E-state index is 6.28. The molecule has 7 heteroatoms. The monoisotopic (exact) mass is 588 g/mol. The van der Waals surface area contributed by atoms with Crippen molar-refractivity contribution >= 4 is 45.6 Å². The van der Waals surface area contributed by atoms with Crippen molar-refractivity contribution in [2.24, 2.45) is 0 Å². The second-order valence-corrected chi connectivity index (χ2v) is 9.74. The van der Waals surface area contributed by atoms with Gasteiger partial charge >= 0.3 is 0 Å². The minimum absolute atomic E-state index is 0.0711. The molecule has 1 aliphatic rings. The van der Waals surface area contributed by atoms with Crippen LogP contribution in [-0.2, 0) is 12.8 Å². The molecular weight excluding hydrogens is 559 g/mol. The predicted molar refractivity (Wildman–Crippen MR) is 149 cm³/mol. The number of hydrogen-bond acceptors (Lipinski definition) is 4. The second-order valence-electron chi connectivity index (χ2n) is 8.11. The molecule has 3 aromatic carbocycles. The van der Waals surface area contributed by atoms with Crippen molar-refractivity contribution in [1.82, 2.24) is 4.90 Å². The Morgan fingerprint density at radius 3 is 2.35 bits per heavy atom. The quantitative estimate of drug-likeness (QED) is 0.260. The van der Waals surface area contributed by atoms with Gasteiger partial charge in [-0.05, 0) is 113 Å². The van der Waals surface area contributed by atoms with E-state index < -0.39 is 0 Å². The number of methoxy groups -OCH3 is 2. The summed E-state index contributed by atoms with van der Waals surface area (Å²) in [4.78, 5) is 2.21.